The SMILES string of the molecule is CCOC(=O)c1cc(C2C=CC=C2)nn1C(=O)c1ccncc1. The highest BCUT2D eigenvalue weighted by Crippen LogP contribution is 2.23. The van der Waals surface area contributed by atoms with Gasteiger partial charge in [0.2, 0.25) is 0 Å². The smallest absolute Gasteiger partial charge is 0.357 e. The molecule has 0 saturated heterocycles. The highest BCUT2D eigenvalue weighted by Gasteiger charge is 2.24. The fourth-order valence-corrected chi connectivity index (χ4v) is 2.31. The molecule has 0 amide bonds. The van der Waals surface area contributed by atoms with E-state index >= 15 is 0 Å². The predicted molar refractivity (Wildman–Crippen MR) is 83.2 cm³/mol. The quantitative estimate of drug-likeness (QED) is 0.811. The summed E-state index contributed by atoms with van der Waals surface area (Å²) in [6.45, 7) is 1.94. The molecule has 0 aromatic carbocycles. The number of rotatable bonds is 4. The molecule has 2 aromatic heterocycles. The lowest BCUT2D eigenvalue weighted by atomic mass is 10.1. The molecule has 0 atom stereocenters. The van der Waals surface area contributed by atoms with Crippen LogP contribution >= 0.6 is 0 Å². The first-order valence-electron chi connectivity index (χ1n) is 7.27. The Kier molecular flexibility index (Phi) is 4.14. The van der Waals surface area contributed by atoms with Crippen LogP contribution in [0.5, 0.6) is 0 Å². The summed E-state index contributed by atoms with van der Waals surface area (Å²) in [6.07, 6.45) is 10.7. The van der Waals surface area contributed by atoms with Crippen molar-refractivity contribution in [3.8, 4) is 0 Å². The lowest BCUT2D eigenvalue weighted by Crippen LogP contribution is -2.20. The average Bonchev–Trinajstić information content (AvgIpc) is 3.24. The van der Waals surface area contributed by atoms with Crippen molar-refractivity contribution in [1.29, 1.82) is 0 Å². The molecule has 0 unspecified atom stereocenters. The highest BCUT2D eigenvalue weighted by molar-refractivity contribution is 6.00. The summed E-state index contributed by atoms with van der Waals surface area (Å²) in [5, 5.41) is 4.32. The lowest BCUT2D eigenvalue weighted by Gasteiger charge is -2.05. The van der Waals surface area contributed by atoms with Crippen LogP contribution in [0, 0.1) is 0 Å². The first kappa shape index (κ1) is 14.9. The normalized spacial score (nSPS) is 13.4. The number of nitrogens with zero attached hydrogens (tertiary/aromatic N) is 3. The van der Waals surface area contributed by atoms with Gasteiger partial charge in [0.25, 0.3) is 5.91 Å². The van der Waals surface area contributed by atoms with Gasteiger partial charge in [-0.3, -0.25) is 9.78 Å². The summed E-state index contributed by atoms with van der Waals surface area (Å²) in [6, 6.07) is 4.75. The highest BCUT2D eigenvalue weighted by atomic mass is 16.5. The molecule has 6 nitrogen and oxygen atoms in total. The van der Waals surface area contributed by atoms with Crippen molar-refractivity contribution in [1.82, 2.24) is 14.8 Å². The molecule has 0 bridgehead atoms. The molecule has 0 spiro atoms. The van der Waals surface area contributed by atoms with E-state index in [2.05, 4.69) is 10.1 Å². The van der Waals surface area contributed by atoms with Gasteiger partial charge in [-0.15, -0.1) is 0 Å². The number of ether oxygens (including phenoxy) is 1. The van der Waals surface area contributed by atoms with Gasteiger partial charge in [-0.1, -0.05) is 24.3 Å². The second-order valence-corrected chi connectivity index (χ2v) is 4.92. The Bertz CT molecular complexity index is 779. The molecule has 2 heterocycles. The number of pyridine rings is 1. The zero-order valence-electron chi connectivity index (χ0n) is 12.5. The van der Waals surface area contributed by atoms with Gasteiger partial charge in [-0.25, -0.2) is 4.79 Å². The van der Waals surface area contributed by atoms with Crippen LogP contribution in [0.4, 0.5) is 0 Å². The summed E-state index contributed by atoms with van der Waals surface area (Å²) in [5.41, 5.74) is 1.15. The Labute approximate surface area is 133 Å². The molecule has 23 heavy (non-hydrogen) atoms. The minimum absolute atomic E-state index is 0.0466. The van der Waals surface area contributed by atoms with Gasteiger partial charge in [-0.2, -0.15) is 9.78 Å². The predicted octanol–water partition coefficient (Wildman–Crippen LogP) is 2.35. The first-order chi connectivity index (χ1) is 11.2. The number of carbonyl (C=O) groups is 2. The van der Waals surface area contributed by atoms with Gasteiger partial charge in [0.05, 0.1) is 12.3 Å². The minimum Gasteiger partial charge on any atom is -0.461 e. The molecule has 2 aromatic rings. The van der Waals surface area contributed by atoms with Crippen LogP contribution in [0.3, 0.4) is 0 Å². The molecule has 116 valence electrons. The Morgan fingerprint density at radius 3 is 2.57 bits per heavy atom. The van der Waals surface area contributed by atoms with E-state index in [9.17, 15) is 9.59 Å². The molecule has 0 fully saturated rings. The van der Waals surface area contributed by atoms with Gasteiger partial charge >= 0.3 is 5.97 Å². The average molecular weight is 309 g/mol. The second kappa shape index (κ2) is 6.39. The fourth-order valence-electron chi connectivity index (χ4n) is 2.31. The number of esters is 1. The van der Waals surface area contributed by atoms with Gasteiger partial charge < -0.3 is 4.74 Å². The Morgan fingerprint density at radius 2 is 1.91 bits per heavy atom. The Morgan fingerprint density at radius 1 is 1.22 bits per heavy atom. The maximum absolute atomic E-state index is 12.6. The van der Waals surface area contributed by atoms with Gasteiger partial charge in [-0.05, 0) is 25.1 Å². The molecular formula is C17H15N3O3. The molecule has 3 rings (SSSR count). The number of allylic oxidation sites excluding steroid dienone is 4. The summed E-state index contributed by atoms with van der Waals surface area (Å²) in [7, 11) is 0. The van der Waals surface area contributed by atoms with Crippen molar-refractivity contribution in [2.45, 2.75) is 12.8 Å². The van der Waals surface area contributed by atoms with E-state index in [0.29, 0.717) is 11.3 Å². The standard InChI is InChI=1S/C17H15N3O3/c1-2-23-17(22)15-11-14(12-5-3-4-6-12)19-20(15)16(21)13-7-9-18-10-8-13/h3-12H,2H2,1H3. The van der Waals surface area contributed by atoms with Crippen LogP contribution in [0.15, 0.2) is 54.9 Å². The molecular weight excluding hydrogens is 294 g/mol. The van der Waals surface area contributed by atoms with Crippen molar-refractivity contribution in [2.75, 3.05) is 6.61 Å². The van der Waals surface area contributed by atoms with Crippen molar-refractivity contribution in [3.05, 3.63) is 71.8 Å². The van der Waals surface area contributed by atoms with Crippen LogP contribution in [0.2, 0.25) is 0 Å². The van der Waals surface area contributed by atoms with E-state index in [0.717, 1.165) is 4.68 Å². The third-order valence-corrected chi connectivity index (χ3v) is 3.42. The molecule has 0 saturated carbocycles. The van der Waals surface area contributed by atoms with Gasteiger partial charge in [0, 0.05) is 23.9 Å². The number of hydrogen-bond donors (Lipinski definition) is 0. The Hall–Kier alpha value is -3.02. The van der Waals surface area contributed by atoms with Crippen molar-refractivity contribution < 1.29 is 14.3 Å². The first-order valence-corrected chi connectivity index (χ1v) is 7.27. The summed E-state index contributed by atoms with van der Waals surface area (Å²) in [5.74, 6) is -1.01. The van der Waals surface area contributed by atoms with E-state index in [1.54, 1.807) is 25.1 Å². The molecule has 1 aliphatic rings. The van der Waals surface area contributed by atoms with Gasteiger partial charge in [0.15, 0.2) is 5.69 Å². The minimum atomic E-state index is -0.570. The summed E-state index contributed by atoms with van der Waals surface area (Å²) < 4.78 is 6.13. The molecule has 0 N–H and O–H groups in total. The molecule has 0 radical (unpaired) electrons. The summed E-state index contributed by atoms with van der Waals surface area (Å²) >= 11 is 0. The lowest BCUT2D eigenvalue weighted by molar-refractivity contribution is 0.0507. The number of hydrogen-bond acceptors (Lipinski definition) is 5. The van der Waals surface area contributed by atoms with Crippen LogP contribution in [-0.4, -0.2) is 33.2 Å². The topological polar surface area (TPSA) is 74.1 Å². The maximum atomic E-state index is 12.6. The van der Waals surface area contributed by atoms with Crippen molar-refractivity contribution in [3.63, 3.8) is 0 Å². The molecule has 1 aliphatic carbocycles. The number of carbonyl (C=O) groups excluding carboxylic acids is 2. The summed E-state index contributed by atoms with van der Waals surface area (Å²) in [4.78, 5) is 28.7. The fraction of sp³-hybridized carbons (Fsp3) is 0.176. The van der Waals surface area contributed by atoms with Crippen LogP contribution in [0.25, 0.3) is 0 Å². The molecule has 6 heteroatoms. The number of aromatic nitrogens is 3. The molecule has 0 aliphatic heterocycles. The van der Waals surface area contributed by atoms with Crippen LogP contribution < -0.4 is 0 Å². The van der Waals surface area contributed by atoms with E-state index in [-0.39, 0.29) is 18.2 Å². The van der Waals surface area contributed by atoms with E-state index in [1.807, 2.05) is 24.3 Å². The second-order valence-electron chi connectivity index (χ2n) is 4.92. The van der Waals surface area contributed by atoms with E-state index in [4.69, 9.17) is 4.74 Å². The third kappa shape index (κ3) is 2.96. The maximum Gasteiger partial charge on any atom is 0.357 e. The zero-order valence-corrected chi connectivity index (χ0v) is 12.5. The largest absolute Gasteiger partial charge is 0.461 e. The third-order valence-electron chi connectivity index (χ3n) is 3.42. The van der Waals surface area contributed by atoms with Crippen molar-refractivity contribution in [2.24, 2.45) is 0 Å². The zero-order chi connectivity index (χ0) is 16.2. The van der Waals surface area contributed by atoms with E-state index in [1.165, 1.54) is 12.4 Å². The van der Waals surface area contributed by atoms with Crippen LogP contribution in [-0.2, 0) is 4.74 Å². The van der Waals surface area contributed by atoms with Crippen molar-refractivity contribution >= 4 is 11.9 Å². The Balaban J connectivity index is 2.03. The van der Waals surface area contributed by atoms with Crippen LogP contribution in [0.1, 0.15) is 39.4 Å². The monoisotopic (exact) mass is 309 g/mol. The van der Waals surface area contributed by atoms with E-state index < -0.39 is 11.9 Å². The van der Waals surface area contributed by atoms with Gasteiger partial charge in [0.1, 0.15) is 0 Å².